The Labute approximate surface area is 176 Å². The SMILES string of the molecule is CCN1CCN(C(c2cccs2)C(C)NC(=O)C(=O)NCc2ccccn2)CC1. The molecule has 1 aliphatic rings. The van der Waals surface area contributed by atoms with Gasteiger partial charge in [0, 0.05) is 43.3 Å². The lowest BCUT2D eigenvalue weighted by Crippen LogP contribution is -2.53. The van der Waals surface area contributed by atoms with Crippen LogP contribution in [-0.2, 0) is 16.1 Å². The Hall–Kier alpha value is -2.29. The van der Waals surface area contributed by atoms with Crippen LogP contribution in [0, 0.1) is 0 Å². The smallest absolute Gasteiger partial charge is 0.309 e. The molecule has 0 bridgehead atoms. The minimum atomic E-state index is -0.636. The minimum Gasteiger partial charge on any atom is -0.343 e. The van der Waals surface area contributed by atoms with E-state index in [-0.39, 0.29) is 18.6 Å². The zero-order chi connectivity index (χ0) is 20.6. The van der Waals surface area contributed by atoms with E-state index in [0.29, 0.717) is 5.69 Å². The van der Waals surface area contributed by atoms with E-state index in [0.717, 1.165) is 32.7 Å². The Morgan fingerprint density at radius 1 is 1.14 bits per heavy atom. The molecule has 0 aromatic carbocycles. The fourth-order valence-electron chi connectivity index (χ4n) is 3.66. The molecule has 29 heavy (non-hydrogen) atoms. The van der Waals surface area contributed by atoms with Crippen LogP contribution in [0.2, 0.25) is 0 Å². The van der Waals surface area contributed by atoms with Crippen LogP contribution in [0.3, 0.4) is 0 Å². The van der Waals surface area contributed by atoms with E-state index in [1.54, 1.807) is 17.5 Å². The topological polar surface area (TPSA) is 77.6 Å². The molecule has 156 valence electrons. The zero-order valence-corrected chi connectivity index (χ0v) is 17.8. The van der Waals surface area contributed by atoms with Crippen LogP contribution >= 0.6 is 11.3 Å². The van der Waals surface area contributed by atoms with Crippen molar-refractivity contribution in [2.75, 3.05) is 32.7 Å². The van der Waals surface area contributed by atoms with E-state index in [4.69, 9.17) is 0 Å². The number of aromatic nitrogens is 1. The van der Waals surface area contributed by atoms with Gasteiger partial charge in [0.05, 0.1) is 18.3 Å². The molecule has 8 heteroatoms. The summed E-state index contributed by atoms with van der Waals surface area (Å²) in [7, 11) is 0. The Morgan fingerprint density at radius 2 is 1.93 bits per heavy atom. The first-order chi connectivity index (χ1) is 14.1. The van der Waals surface area contributed by atoms with Gasteiger partial charge in [-0.3, -0.25) is 19.5 Å². The van der Waals surface area contributed by atoms with Crippen molar-refractivity contribution in [1.29, 1.82) is 0 Å². The van der Waals surface area contributed by atoms with Gasteiger partial charge in [0.1, 0.15) is 0 Å². The van der Waals surface area contributed by atoms with E-state index >= 15 is 0 Å². The molecule has 1 fully saturated rings. The molecule has 0 saturated carbocycles. The Morgan fingerprint density at radius 3 is 2.55 bits per heavy atom. The molecule has 0 radical (unpaired) electrons. The number of hydrogen-bond donors (Lipinski definition) is 2. The first-order valence-electron chi connectivity index (χ1n) is 10.1. The fourth-order valence-corrected chi connectivity index (χ4v) is 4.63. The first-order valence-corrected chi connectivity index (χ1v) is 10.9. The van der Waals surface area contributed by atoms with Crippen molar-refractivity contribution < 1.29 is 9.59 Å². The highest BCUT2D eigenvalue weighted by atomic mass is 32.1. The molecule has 2 unspecified atom stereocenters. The quantitative estimate of drug-likeness (QED) is 0.673. The van der Waals surface area contributed by atoms with Crippen LogP contribution in [0.1, 0.15) is 30.5 Å². The van der Waals surface area contributed by atoms with Crippen LogP contribution < -0.4 is 10.6 Å². The Balaban J connectivity index is 1.59. The third-order valence-corrected chi connectivity index (χ3v) is 6.22. The van der Waals surface area contributed by atoms with Gasteiger partial charge in [-0.15, -0.1) is 11.3 Å². The molecule has 1 saturated heterocycles. The zero-order valence-electron chi connectivity index (χ0n) is 17.0. The Bertz CT molecular complexity index is 776. The summed E-state index contributed by atoms with van der Waals surface area (Å²) >= 11 is 1.69. The summed E-state index contributed by atoms with van der Waals surface area (Å²) in [6, 6.07) is 9.47. The predicted octanol–water partition coefficient (Wildman–Crippen LogP) is 1.64. The standard InChI is InChI=1S/C21H29N5O2S/c1-3-25-10-12-26(13-11-25)19(18-8-6-14-29-18)16(2)24-21(28)20(27)23-15-17-7-4-5-9-22-17/h4-9,14,16,19H,3,10-13,15H2,1-2H3,(H,23,27)(H,24,28). The highest BCUT2D eigenvalue weighted by molar-refractivity contribution is 7.10. The third-order valence-electron chi connectivity index (χ3n) is 5.28. The monoisotopic (exact) mass is 415 g/mol. The summed E-state index contributed by atoms with van der Waals surface area (Å²) in [6.07, 6.45) is 1.66. The maximum atomic E-state index is 12.5. The minimum absolute atomic E-state index is 0.0570. The number of piperazine rings is 1. The maximum absolute atomic E-state index is 12.5. The molecule has 7 nitrogen and oxygen atoms in total. The van der Waals surface area contributed by atoms with Gasteiger partial charge < -0.3 is 15.5 Å². The molecule has 3 heterocycles. The molecule has 2 N–H and O–H groups in total. The summed E-state index contributed by atoms with van der Waals surface area (Å²) in [4.78, 5) is 34.9. The maximum Gasteiger partial charge on any atom is 0.309 e. The van der Waals surface area contributed by atoms with Crippen LogP contribution in [-0.4, -0.2) is 65.4 Å². The van der Waals surface area contributed by atoms with Crippen LogP contribution in [0.4, 0.5) is 0 Å². The van der Waals surface area contributed by atoms with Crippen molar-refractivity contribution in [2.24, 2.45) is 0 Å². The van der Waals surface area contributed by atoms with Crippen molar-refractivity contribution in [3.8, 4) is 0 Å². The molecule has 2 aromatic heterocycles. The second kappa shape index (κ2) is 10.5. The molecule has 0 aliphatic carbocycles. The number of thiophene rings is 1. The number of hydrogen-bond acceptors (Lipinski definition) is 6. The van der Waals surface area contributed by atoms with Gasteiger partial charge in [0.2, 0.25) is 0 Å². The van der Waals surface area contributed by atoms with Crippen molar-refractivity contribution >= 4 is 23.2 Å². The summed E-state index contributed by atoms with van der Waals surface area (Å²) < 4.78 is 0. The number of rotatable bonds is 7. The summed E-state index contributed by atoms with van der Waals surface area (Å²) in [5.41, 5.74) is 0.715. The van der Waals surface area contributed by atoms with Crippen LogP contribution in [0.25, 0.3) is 0 Å². The number of likely N-dealkylation sites (N-methyl/N-ethyl adjacent to an activating group) is 1. The van der Waals surface area contributed by atoms with Gasteiger partial charge in [-0.05, 0) is 37.0 Å². The molecule has 2 aromatic rings. The number of pyridine rings is 1. The van der Waals surface area contributed by atoms with E-state index in [2.05, 4.69) is 43.8 Å². The van der Waals surface area contributed by atoms with E-state index < -0.39 is 11.8 Å². The van der Waals surface area contributed by atoms with Gasteiger partial charge in [-0.25, -0.2) is 0 Å². The third kappa shape index (κ3) is 5.85. The number of amides is 2. The summed E-state index contributed by atoms with van der Waals surface area (Å²) in [5.74, 6) is -1.24. The van der Waals surface area contributed by atoms with E-state index in [1.807, 2.05) is 31.2 Å². The van der Waals surface area contributed by atoms with Crippen molar-refractivity contribution in [2.45, 2.75) is 32.5 Å². The lowest BCUT2D eigenvalue weighted by atomic mass is 10.0. The van der Waals surface area contributed by atoms with Crippen LogP contribution in [0.15, 0.2) is 41.9 Å². The first kappa shape index (κ1) is 21.4. The average Bonchev–Trinajstić information content (AvgIpc) is 3.27. The molecular weight excluding hydrogens is 386 g/mol. The number of carbonyl (C=O) groups excluding carboxylic acids is 2. The largest absolute Gasteiger partial charge is 0.343 e. The van der Waals surface area contributed by atoms with Gasteiger partial charge >= 0.3 is 11.8 Å². The predicted molar refractivity (Wildman–Crippen MR) is 114 cm³/mol. The van der Waals surface area contributed by atoms with Crippen molar-refractivity contribution in [1.82, 2.24) is 25.4 Å². The van der Waals surface area contributed by atoms with Gasteiger partial charge in [0.15, 0.2) is 0 Å². The average molecular weight is 416 g/mol. The molecular formula is C21H29N5O2S. The van der Waals surface area contributed by atoms with Crippen molar-refractivity contribution in [3.05, 3.63) is 52.5 Å². The lowest BCUT2D eigenvalue weighted by molar-refractivity contribution is -0.140. The fraction of sp³-hybridized carbons (Fsp3) is 0.476. The normalized spacial score (nSPS) is 17.4. The molecule has 1 aliphatic heterocycles. The van der Waals surface area contributed by atoms with Gasteiger partial charge in [-0.2, -0.15) is 0 Å². The summed E-state index contributed by atoms with van der Waals surface area (Å²) in [6.45, 7) is 9.37. The number of nitrogens with one attached hydrogen (secondary N) is 2. The second-order valence-electron chi connectivity index (χ2n) is 7.20. The molecule has 2 atom stereocenters. The lowest BCUT2D eigenvalue weighted by Gasteiger charge is -2.41. The summed E-state index contributed by atoms with van der Waals surface area (Å²) in [5, 5.41) is 7.60. The Kier molecular flexibility index (Phi) is 7.74. The van der Waals surface area contributed by atoms with Crippen LogP contribution in [0.5, 0.6) is 0 Å². The van der Waals surface area contributed by atoms with E-state index in [9.17, 15) is 9.59 Å². The van der Waals surface area contributed by atoms with Crippen molar-refractivity contribution in [3.63, 3.8) is 0 Å². The van der Waals surface area contributed by atoms with E-state index in [1.165, 1.54) is 4.88 Å². The number of carbonyl (C=O) groups is 2. The van der Waals surface area contributed by atoms with Gasteiger partial charge in [0.25, 0.3) is 0 Å². The second-order valence-corrected chi connectivity index (χ2v) is 8.18. The highest BCUT2D eigenvalue weighted by Gasteiger charge is 2.31. The molecule has 2 amide bonds. The molecule has 3 rings (SSSR count). The highest BCUT2D eigenvalue weighted by Crippen LogP contribution is 2.29. The number of nitrogens with zero attached hydrogens (tertiary/aromatic N) is 3. The molecule has 0 spiro atoms. The van der Waals surface area contributed by atoms with Gasteiger partial charge in [-0.1, -0.05) is 19.1 Å².